The maximum Gasteiger partial charge on any atom is 0.407 e. The van der Waals surface area contributed by atoms with E-state index in [0.29, 0.717) is 6.54 Å². The number of carbonyl (C=O) groups is 1. The number of alkyl carbamates (subject to hydrolysis) is 1. The molecule has 1 aromatic heterocycles. The predicted octanol–water partition coefficient (Wildman–Crippen LogP) is 4.30. The van der Waals surface area contributed by atoms with Crippen LogP contribution in [0, 0.1) is 0 Å². The second-order valence-electron chi connectivity index (χ2n) is 7.08. The van der Waals surface area contributed by atoms with E-state index in [2.05, 4.69) is 34.3 Å². The van der Waals surface area contributed by atoms with Gasteiger partial charge in [-0.15, -0.1) is 0 Å². The van der Waals surface area contributed by atoms with Crippen molar-refractivity contribution in [2.75, 3.05) is 11.9 Å². The fourth-order valence-corrected chi connectivity index (χ4v) is 2.37. The molecule has 2 aromatic rings. The van der Waals surface area contributed by atoms with Gasteiger partial charge in [-0.25, -0.2) is 9.78 Å². The lowest BCUT2D eigenvalue weighted by Gasteiger charge is -2.26. The molecule has 2 rings (SSSR count). The number of anilines is 1. The molecule has 0 aliphatic carbocycles. The van der Waals surface area contributed by atoms with Crippen LogP contribution >= 0.6 is 0 Å². The topological polar surface area (TPSA) is 54.5 Å². The van der Waals surface area contributed by atoms with Crippen LogP contribution in [0.25, 0.3) is 0 Å². The molecule has 0 spiro atoms. The zero-order chi connectivity index (χ0) is 18.4. The summed E-state index contributed by atoms with van der Waals surface area (Å²) in [6, 6.07) is 14.5. The zero-order valence-electron chi connectivity index (χ0n) is 15.6. The number of rotatable bonds is 5. The number of nitrogens with zero attached hydrogens (tertiary/aromatic N) is 2. The fraction of sp³-hybridized carbons (Fsp3) is 0.400. The number of carbonyl (C=O) groups excluding carboxylic acids is 1. The summed E-state index contributed by atoms with van der Waals surface area (Å²) >= 11 is 0. The maximum absolute atomic E-state index is 11.7. The van der Waals surface area contributed by atoms with E-state index in [4.69, 9.17) is 4.74 Å². The molecule has 1 N–H and O–H groups in total. The maximum atomic E-state index is 11.7. The van der Waals surface area contributed by atoms with Gasteiger partial charge in [-0.1, -0.05) is 36.4 Å². The van der Waals surface area contributed by atoms with Crippen LogP contribution in [0.5, 0.6) is 0 Å². The van der Waals surface area contributed by atoms with Crippen molar-refractivity contribution in [1.82, 2.24) is 10.3 Å². The summed E-state index contributed by atoms with van der Waals surface area (Å²) in [7, 11) is 2.03. The molecule has 5 nitrogen and oxygen atoms in total. The van der Waals surface area contributed by atoms with Crippen molar-refractivity contribution >= 4 is 11.9 Å². The minimum Gasteiger partial charge on any atom is -0.444 e. The largest absolute Gasteiger partial charge is 0.444 e. The Labute approximate surface area is 150 Å². The van der Waals surface area contributed by atoms with Crippen molar-refractivity contribution in [3.05, 3.63) is 59.8 Å². The molecule has 1 heterocycles. The number of aromatic nitrogens is 1. The monoisotopic (exact) mass is 341 g/mol. The Morgan fingerprint density at radius 1 is 1.20 bits per heavy atom. The lowest BCUT2D eigenvalue weighted by Crippen LogP contribution is -2.32. The Morgan fingerprint density at radius 2 is 1.88 bits per heavy atom. The number of hydrogen-bond donors (Lipinski definition) is 1. The zero-order valence-corrected chi connectivity index (χ0v) is 15.6. The molecule has 0 fully saturated rings. The van der Waals surface area contributed by atoms with Gasteiger partial charge in [-0.3, -0.25) is 0 Å². The molecule has 0 bridgehead atoms. The lowest BCUT2D eigenvalue weighted by molar-refractivity contribution is 0.0523. The summed E-state index contributed by atoms with van der Waals surface area (Å²) in [4.78, 5) is 18.3. The van der Waals surface area contributed by atoms with Crippen molar-refractivity contribution in [2.24, 2.45) is 0 Å². The number of benzene rings is 1. The minimum absolute atomic E-state index is 0.222. The number of ether oxygens (including phenoxy) is 1. The van der Waals surface area contributed by atoms with Gasteiger partial charge >= 0.3 is 6.09 Å². The van der Waals surface area contributed by atoms with E-state index in [1.807, 2.05) is 58.2 Å². The average molecular weight is 341 g/mol. The van der Waals surface area contributed by atoms with Crippen LogP contribution in [-0.4, -0.2) is 23.7 Å². The summed E-state index contributed by atoms with van der Waals surface area (Å²) < 4.78 is 5.22. The first-order valence-corrected chi connectivity index (χ1v) is 8.46. The average Bonchev–Trinajstić information content (AvgIpc) is 2.58. The molecule has 1 atom stereocenters. The van der Waals surface area contributed by atoms with Gasteiger partial charge in [0.25, 0.3) is 0 Å². The van der Waals surface area contributed by atoms with Crippen molar-refractivity contribution in [2.45, 2.75) is 45.9 Å². The van der Waals surface area contributed by atoms with Crippen LogP contribution in [0.3, 0.4) is 0 Å². The van der Waals surface area contributed by atoms with E-state index >= 15 is 0 Å². The predicted molar refractivity (Wildman–Crippen MR) is 101 cm³/mol. The highest BCUT2D eigenvalue weighted by Gasteiger charge is 2.16. The van der Waals surface area contributed by atoms with Gasteiger partial charge in [-0.05, 0) is 44.9 Å². The first-order valence-electron chi connectivity index (χ1n) is 8.46. The summed E-state index contributed by atoms with van der Waals surface area (Å²) in [5, 5.41) is 2.74. The molecule has 0 aliphatic heterocycles. The van der Waals surface area contributed by atoms with Gasteiger partial charge in [0.05, 0.1) is 6.04 Å². The second-order valence-corrected chi connectivity index (χ2v) is 7.08. The summed E-state index contributed by atoms with van der Waals surface area (Å²) in [6.07, 6.45) is 1.35. The molecule has 5 heteroatoms. The van der Waals surface area contributed by atoms with Crippen LogP contribution in [-0.2, 0) is 11.3 Å². The summed E-state index contributed by atoms with van der Waals surface area (Å²) in [6.45, 7) is 8.06. The molecule has 1 aromatic carbocycles. The van der Waals surface area contributed by atoms with Gasteiger partial charge < -0.3 is 15.0 Å². The van der Waals surface area contributed by atoms with E-state index in [9.17, 15) is 4.79 Å². The molecule has 134 valence electrons. The highest BCUT2D eigenvalue weighted by molar-refractivity contribution is 5.67. The summed E-state index contributed by atoms with van der Waals surface area (Å²) in [5.41, 5.74) is 1.67. The lowest BCUT2D eigenvalue weighted by atomic mass is 10.1. The van der Waals surface area contributed by atoms with Crippen LogP contribution < -0.4 is 10.2 Å². The molecule has 0 saturated heterocycles. The first kappa shape index (κ1) is 18.8. The van der Waals surface area contributed by atoms with Crippen molar-refractivity contribution in [3.8, 4) is 0 Å². The molecule has 25 heavy (non-hydrogen) atoms. The minimum atomic E-state index is -0.498. The van der Waals surface area contributed by atoms with E-state index in [-0.39, 0.29) is 6.04 Å². The number of nitrogens with one attached hydrogen (secondary N) is 1. The normalized spacial score (nSPS) is 12.4. The number of amides is 1. The third-order valence-corrected chi connectivity index (χ3v) is 3.87. The Kier molecular flexibility index (Phi) is 6.02. The molecule has 0 radical (unpaired) electrons. The Morgan fingerprint density at radius 3 is 2.44 bits per heavy atom. The molecule has 0 aliphatic rings. The first-order chi connectivity index (χ1) is 11.8. The molecular weight excluding hydrogens is 314 g/mol. The van der Waals surface area contributed by atoms with E-state index in [0.717, 1.165) is 11.4 Å². The van der Waals surface area contributed by atoms with Gasteiger partial charge in [0, 0.05) is 19.8 Å². The second kappa shape index (κ2) is 8.01. The Balaban J connectivity index is 1.94. The highest BCUT2D eigenvalue weighted by Crippen LogP contribution is 2.23. The Bertz CT molecular complexity index is 678. The third kappa shape index (κ3) is 5.78. The standard InChI is InChI=1S/C20H27N3O2/c1-15(17-9-7-6-8-10-17)23(5)18-12-11-16(13-21-18)14-22-19(24)25-20(2,3)4/h6-13,15H,14H2,1-5H3,(H,22,24). The van der Waals surface area contributed by atoms with E-state index in [1.165, 1.54) is 5.56 Å². The van der Waals surface area contributed by atoms with E-state index in [1.54, 1.807) is 6.20 Å². The molecule has 1 amide bonds. The van der Waals surface area contributed by atoms with Crippen LogP contribution in [0.15, 0.2) is 48.7 Å². The molecule has 1 unspecified atom stereocenters. The van der Waals surface area contributed by atoms with Gasteiger partial charge in [-0.2, -0.15) is 0 Å². The van der Waals surface area contributed by atoms with Crippen LogP contribution in [0.4, 0.5) is 10.6 Å². The highest BCUT2D eigenvalue weighted by atomic mass is 16.6. The van der Waals surface area contributed by atoms with Gasteiger partial charge in [0.2, 0.25) is 0 Å². The fourth-order valence-electron chi connectivity index (χ4n) is 2.37. The van der Waals surface area contributed by atoms with Crippen molar-refractivity contribution in [1.29, 1.82) is 0 Å². The number of hydrogen-bond acceptors (Lipinski definition) is 4. The Hall–Kier alpha value is -2.56. The third-order valence-electron chi connectivity index (χ3n) is 3.87. The van der Waals surface area contributed by atoms with Gasteiger partial charge in [0.1, 0.15) is 11.4 Å². The number of pyridine rings is 1. The van der Waals surface area contributed by atoms with Crippen LogP contribution in [0.1, 0.15) is 44.9 Å². The van der Waals surface area contributed by atoms with Crippen molar-refractivity contribution < 1.29 is 9.53 Å². The quantitative estimate of drug-likeness (QED) is 0.881. The van der Waals surface area contributed by atoms with E-state index < -0.39 is 11.7 Å². The summed E-state index contributed by atoms with van der Waals surface area (Å²) in [5.74, 6) is 0.886. The van der Waals surface area contributed by atoms with Gasteiger partial charge in [0.15, 0.2) is 0 Å². The molecular formula is C20H27N3O2. The van der Waals surface area contributed by atoms with Crippen molar-refractivity contribution in [3.63, 3.8) is 0 Å². The SMILES string of the molecule is CC(c1ccccc1)N(C)c1ccc(CNC(=O)OC(C)(C)C)cn1. The smallest absolute Gasteiger partial charge is 0.407 e. The van der Waals surface area contributed by atoms with Crippen LogP contribution in [0.2, 0.25) is 0 Å². The molecule has 0 saturated carbocycles.